The van der Waals surface area contributed by atoms with Crippen molar-refractivity contribution in [1.82, 2.24) is 14.3 Å². The summed E-state index contributed by atoms with van der Waals surface area (Å²) in [5, 5.41) is 0. The van der Waals surface area contributed by atoms with Crippen molar-refractivity contribution in [2.75, 3.05) is 12.0 Å². The Morgan fingerprint density at radius 2 is 1.89 bits per heavy atom. The molecule has 1 saturated heterocycles. The number of anilines is 1. The molecule has 0 spiro atoms. The highest BCUT2D eigenvalue weighted by Crippen LogP contribution is 2.41. The van der Waals surface area contributed by atoms with Crippen LogP contribution in [0.25, 0.3) is 11.0 Å². The predicted molar refractivity (Wildman–Crippen MR) is 134 cm³/mol. The zero-order chi connectivity index (χ0) is 26.1. The maximum atomic E-state index is 14.2. The number of amides is 1. The Kier molecular flexibility index (Phi) is 7.66. The standard InChI is InChI=1S/C26H30F2N4O4S/c1-36-19-9-6-17(7-10-19)32-23-12-5-16(15-29-37(34)35)13-22(23)30-26(32)24-3-2-4-25(33)31(24)18-8-11-20(27)21(28)14-18/h5,8,11-14,17,19,24,29H,2-4,6-7,9-10,15H2,1H3,(H,34,35)/p-1/t17?,19?,24-/m0/s1. The average molecular weight is 532 g/mol. The normalized spacial score (nSPS) is 23.5. The third kappa shape index (κ3) is 5.31. The molecule has 3 aromatic rings. The van der Waals surface area contributed by atoms with Gasteiger partial charge in [0.05, 0.1) is 23.2 Å². The Hall–Kier alpha value is -2.73. The zero-order valence-corrected chi connectivity index (χ0v) is 21.3. The number of piperidine rings is 1. The Morgan fingerprint density at radius 3 is 2.59 bits per heavy atom. The van der Waals surface area contributed by atoms with Crippen molar-refractivity contribution in [3.8, 4) is 0 Å². The summed E-state index contributed by atoms with van der Waals surface area (Å²) in [6.07, 6.45) is 5.36. The number of benzene rings is 2. The predicted octanol–water partition coefficient (Wildman–Crippen LogP) is 4.59. The topological polar surface area (TPSA) is 99.5 Å². The maximum Gasteiger partial charge on any atom is 0.227 e. The van der Waals surface area contributed by atoms with Gasteiger partial charge in [0.1, 0.15) is 5.82 Å². The molecule has 1 aliphatic carbocycles. The third-order valence-electron chi connectivity index (χ3n) is 7.45. The van der Waals surface area contributed by atoms with Crippen molar-refractivity contribution in [3.05, 3.63) is 59.4 Å². The van der Waals surface area contributed by atoms with Gasteiger partial charge in [-0.2, -0.15) is 0 Å². The number of hydrogen-bond donors (Lipinski definition) is 1. The van der Waals surface area contributed by atoms with E-state index in [4.69, 9.17) is 9.72 Å². The number of nitrogens with one attached hydrogen (secondary N) is 1. The van der Waals surface area contributed by atoms with Crippen LogP contribution in [0.2, 0.25) is 0 Å². The van der Waals surface area contributed by atoms with Gasteiger partial charge < -0.3 is 18.8 Å². The molecule has 0 bridgehead atoms. The van der Waals surface area contributed by atoms with E-state index >= 15 is 0 Å². The van der Waals surface area contributed by atoms with Gasteiger partial charge in [0.25, 0.3) is 0 Å². The minimum atomic E-state index is -2.38. The van der Waals surface area contributed by atoms with Gasteiger partial charge in [0.15, 0.2) is 11.6 Å². The monoisotopic (exact) mass is 531 g/mol. The minimum Gasteiger partial charge on any atom is -0.760 e. The number of imidazole rings is 1. The first-order valence-electron chi connectivity index (χ1n) is 12.5. The first-order valence-corrected chi connectivity index (χ1v) is 13.6. The summed E-state index contributed by atoms with van der Waals surface area (Å²) in [6, 6.07) is 8.87. The highest BCUT2D eigenvalue weighted by atomic mass is 32.2. The van der Waals surface area contributed by atoms with Gasteiger partial charge in [-0.15, -0.1) is 0 Å². The molecule has 8 nitrogen and oxygen atoms in total. The first-order chi connectivity index (χ1) is 17.9. The molecular formula is C26H29F2N4O4S-. The van der Waals surface area contributed by atoms with Gasteiger partial charge >= 0.3 is 0 Å². The van der Waals surface area contributed by atoms with Crippen molar-refractivity contribution in [3.63, 3.8) is 0 Å². The summed E-state index contributed by atoms with van der Waals surface area (Å²) in [6.45, 7) is 0.135. The quantitative estimate of drug-likeness (QED) is 0.450. The fourth-order valence-corrected chi connectivity index (χ4v) is 5.93. The molecule has 1 unspecified atom stereocenters. The number of hydrogen-bond acceptors (Lipinski definition) is 5. The van der Waals surface area contributed by atoms with Crippen LogP contribution in [0.15, 0.2) is 36.4 Å². The molecule has 37 heavy (non-hydrogen) atoms. The number of nitrogens with zero attached hydrogens (tertiary/aromatic N) is 3. The van der Waals surface area contributed by atoms with E-state index in [0.717, 1.165) is 48.9 Å². The van der Waals surface area contributed by atoms with Crippen LogP contribution in [-0.4, -0.2) is 37.4 Å². The Bertz CT molecular complexity index is 1330. The van der Waals surface area contributed by atoms with E-state index in [1.165, 1.54) is 6.07 Å². The number of carbonyl (C=O) groups excluding carboxylic acids is 1. The van der Waals surface area contributed by atoms with Gasteiger partial charge in [-0.25, -0.2) is 18.5 Å². The molecule has 2 atom stereocenters. The van der Waals surface area contributed by atoms with E-state index in [1.54, 1.807) is 12.0 Å². The highest BCUT2D eigenvalue weighted by molar-refractivity contribution is 7.77. The minimum absolute atomic E-state index is 0.133. The number of methoxy groups -OCH3 is 1. The van der Waals surface area contributed by atoms with Crippen molar-refractivity contribution < 1.29 is 27.1 Å². The second kappa shape index (κ2) is 10.9. The van der Waals surface area contributed by atoms with Crippen LogP contribution < -0.4 is 9.62 Å². The summed E-state index contributed by atoms with van der Waals surface area (Å²) < 4.78 is 60.0. The number of halogens is 2. The zero-order valence-electron chi connectivity index (χ0n) is 20.5. The van der Waals surface area contributed by atoms with E-state index in [1.807, 2.05) is 18.2 Å². The molecule has 1 amide bonds. The number of fused-ring (bicyclic) bond motifs is 1. The van der Waals surface area contributed by atoms with Crippen LogP contribution in [0.1, 0.15) is 68.4 Å². The molecule has 2 fully saturated rings. The van der Waals surface area contributed by atoms with Gasteiger partial charge in [-0.1, -0.05) is 6.07 Å². The van der Waals surface area contributed by atoms with E-state index in [0.29, 0.717) is 36.3 Å². The number of ether oxygens (including phenoxy) is 1. The summed E-state index contributed by atoms with van der Waals surface area (Å²) >= 11 is -2.38. The van der Waals surface area contributed by atoms with Crippen molar-refractivity contribution >= 4 is 33.9 Å². The van der Waals surface area contributed by atoms with Crippen molar-refractivity contribution in [2.45, 2.75) is 69.7 Å². The Labute approximate surface area is 216 Å². The van der Waals surface area contributed by atoms with Crippen LogP contribution in [0.3, 0.4) is 0 Å². The highest BCUT2D eigenvalue weighted by Gasteiger charge is 2.36. The fourth-order valence-electron chi connectivity index (χ4n) is 5.65. The molecule has 5 rings (SSSR count). The largest absolute Gasteiger partial charge is 0.760 e. The molecule has 2 aromatic carbocycles. The van der Waals surface area contributed by atoms with E-state index in [-0.39, 0.29) is 24.6 Å². The lowest BCUT2D eigenvalue weighted by molar-refractivity contribution is -0.120. The van der Waals surface area contributed by atoms with E-state index < -0.39 is 28.9 Å². The van der Waals surface area contributed by atoms with Gasteiger partial charge in [0.2, 0.25) is 5.91 Å². The summed E-state index contributed by atoms with van der Waals surface area (Å²) in [5.41, 5.74) is 2.65. The Balaban J connectivity index is 1.60. The molecule has 1 N–H and O–H groups in total. The molecule has 198 valence electrons. The summed E-state index contributed by atoms with van der Waals surface area (Å²) in [4.78, 5) is 19.7. The molecule has 1 aliphatic heterocycles. The molecule has 1 aromatic heterocycles. The van der Waals surface area contributed by atoms with Gasteiger partial charge in [0, 0.05) is 49.1 Å². The fraction of sp³-hybridized carbons (Fsp3) is 0.462. The lowest BCUT2D eigenvalue weighted by Gasteiger charge is -2.37. The molecular weight excluding hydrogens is 502 g/mol. The average Bonchev–Trinajstić information content (AvgIpc) is 3.27. The maximum absolute atomic E-state index is 14.2. The SMILES string of the molecule is COC1CCC(n2c([C@@H]3CCCC(=O)N3c3ccc(F)c(F)c3)nc3cc(CNS(=O)[O-])ccc32)CC1. The van der Waals surface area contributed by atoms with Crippen molar-refractivity contribution in [2.24, 2.45) is 0 Å². The molecule has 0 radical (unpaired) electrons. The summed E-state index contributed by atoms with van der Waals surface area (Å²) in [7, 11) is 1.72. The van der Waals surface area contributed by atoms with Crippen LogP contribution in [-0.2, 0) is 27.3 Å². The van der Waals surface area contributed by atoms with Crippen LogP contribution in [0, 0.1) is 11.6 Å². The molecule has 1 saturated carbocycles. The second-order valence-corrected chi connectivity index (χ2v) is 10.4. The van der Waals surface area contributed by atoms with Crippen LogP contribution in [0.5, 0.6) is 0 Å². The molecule has 11 heteroatoms. The smallest absolute Gasteiger partial charge is 0.227 e. The lowest BCUT2D eigenvalue weighted by Crippen LogP contribution is -2.40. The number of rotatable bonds is 7. The first kappa shape index (κ1) is 25.9. The summed E-state index contributed by atoms with van der Waals surface area (Å²) in [5.74, 6) is -1.43. The molecule has 2 aliphatic rings. The second-order valence-electron chi connectivity index (χ2n) is 9.66. The Morgan fingerprint density at radius 1 is 1.11 bits per heavy atom. The number of carbonyl (C=O) groups is 1. The number of aromatic nitrogens is 2. The third-order valence-corrected chi connectivity index (χ3v) is 7.83. The van der Waals surface area contributed by atoms with Gasteiger partial charge in [-0.05, 0) is 68.4 Å². The van der Waals surface area contributed by atoms with Crippen LogP contribution in [0.4, 0.5) is 14.5 Å². The van der Waals surface area contributed by atoms with E-state index in [2.05, 4.69) is 9.29 Å². The van der Waals surface area contributed by atoms with E-state index in [9.17, 15) is 22.3 Å². The van der Waals surface area contributed by atoms with Crippen LogP contribution >= 0.6 is 0 Å². The molecule has 2 heterocycles. The van der Waals surface area contributed by atoms with Crippen molar-refractivity contribution in [1.29, 1.82) is 0 Å². The van der Waals surface area contributed by atoms with Gasteiger partial charge in [-0.3, -0.25) is 9.00 Å². The lowest BCUT2D eigenvalue weighted by atomic mass is 9.91.